The van der Waals surface area contributed by atoms with Crippen LogP contribution in [0.15, 0.2) is 6.07 Å². The molecule has 1 aromatic heterocycles. The van der Waals surface area contributed by atoms with E-state index < -0.39 is 0 Å². The summed E-state index contributed by atoms with van der Waals surface area (Å²) in [4.78, 5) is 0. The van der Waals surface area contributed by atoms with E-state index in [4.69, 9.17) is 11.6 Å². The lowest BCUT2D eigenvalue weighted by Crippen LogP contribution is -2.04. The Morgan fingerprint density at radius 3 is 2.80 bits per heavy atom. The second-order valence-electron chi connectivity index (χ2n) is 3.57. The van der Waals surface area contributed by atoms with Crippen molar-refractivity contribution in [3.63, 3.8) is 0 Å². The maximum atomic E-state index is 5.78. The smallest absolute Gasteiger partial charge is 0.0625 e. The summed E-state index contributed by atoms with van der Waals surface area (Å²) in [7, 11) is 0. The van der Waals surface area contributed by atoms with Crippen LogP contribution in [0.2, 0.25) is 0 Å². The minimum atomic E-state index is 0.511. The third-order valence-corrected chi connectivity index (χ3v) is 4.15. The van der Waals surface area contributed by atoms with E-state index in [1.54, 1.807) is 0 Å². The van der Waals surface area contributed by atoms with E-state index in [0.717, 1.165) is 18.7 Å². The average molecular weight is 247 g/mol. The SMILES string of the molecule is CCc1cc(CSC(C)CCl)n(CC)n1. The van der Waals surface area contributed by atoms with Gasteiger partial charge < -0.3 is 0 Å². The standard InChI is InChI=1S/C11H19ClN2S/c1-4-10-6-11(14(5-2)13-10)8-15-9(3)7-12/h6,9H,4-5,7-8H2,1-3H3. The maximum absolute atomic E-state index is 5.78. The van der Waals surface area contributed by atoms with E-state index in [0.29, 0.717) is 11.1 Å². The molecule has 1 aromatic rings. The van der Waals surface area contributed by atoms with E-state index in [9.17, 15) is 0 Å². The summed E-state index contributed by atoms with van der Waals surface area (Å²) in [6.45, 7) is 7.38. The lowest BCUT2D eigenvalue weighted by atomic mass is 10.3. The van der Waals surface area contributed by atoms with E-state index in [1.807, 2.05) is 11.8 Å². The molecule has 0 amide bonds. The molecule has 0 bridgehead atoms. The van der Waals surface area contributed by atoms with Crippen LogP contribution in [-0.2, 0) is 18.7 Å². The van der Waals surface area contributed by atoms with Crippen LogP contribution in [0.1, 0.15) is 32.2 Å². The maximum Gasteiger partial charge on any atom is 0.0625 e. The van der Waals surface area contributed by atoms with Crippen LogP contribution in [0.4, 0.5) is 0 Å². The number of thioether (sulfide) groups is 1. The van der Waals surface area contributed by atoms with E-state index in [-0.39, 0.29) is 0 Å². The van der Waals surface area contributed by atoms with Gasteiger partial charge in [0, 0.05) is 29.1 Å². The number of halogens is 1. The normalized spacial score (nSPS) is 13.1. The second kappa shape index (κ2) is 6.44. The Hall–Kier alpha value is -0.150. The Balaban J connectivity index is 2.62. The van der Waals surface area contributed by atoms with Gasteiger partial charge in [-0.05, 0) is 19.4 Å². The Bertz CT molecular complexity index is 299. The number of nitrogens with zero attached hydrogens (tertiary/aromatic N) is 2. The van der Waals surface area contributed by atoms with Crippen molar-refractivity contribution in [3.05, 3.63) is 17.5 Å². The van der Waals surface area contributed by atoms with Gasteiger partial charge in [0.05, 0.1) is 5.69 Å². The molecule has 1 heterocycles. The molecule has 0 saturated carbocycles. The van der Waals surface area contributed by atoms with Crippen LogP contribution in [0.25, 0.3) is 0 Å². The monoisotopic (exact) mass is 246 g/mol. The summed E-state index contributed by atoms with van der Waals surface area (Å²) < 4.78 is 2.09. The Labute approximate surface area is 101 Å². The zero-order valence-corrected chi connectivity index (χ0v) is 11.2. The van der Waals surface area contributed by atoms with Crippen molar-refractivity contribution >= 4 is 23.4 Å². The van der Waals surface area contributed by atoms with Crippen molar-refractivity contribution < 1.29 is 0 Å². The molecule has 4 heteroatoms. The molecule has 1 unspecified atom stereocenters. The summed E-state index contributed by atoms with van der Waals surface area (Å²) in [5, 5.41) is 5.03. The summed E-state index contributed by atoms with van der Waals surface area (Å²) in [5.74, 6) is 1.72. The van der Waals surface area contributed by atoms with Crippen molar-refractivity contribution in [1.82, 2.24) is 9.78 Å². The first-order valence-electron chi connectivity index (χ1n) is 5.44. The topological polar surface area (TPSA) is 17.8 Å². The average Bonchev–Trinajstić information content (AvgIpc) is 2.68. The molecule has 0 spiro atoms. The zero-order chi connectivity index (χ0) is 11.3. The fourth-order valence-corrected chi connectivity index (χ4v) is 2.39. The Morgan fingerprint density at radius 1 is 1.53 bits per heavy atom. The summed E-state index contributed by atoms with van der Waals surface area (Å²) in [6, 6.07) is 2.21. The van der Waals surface area contributed by atoms with Gasteiger partial charge in [-0.3, -0.25) is 4.68 Å². The molecule has 0 aliphatic carbocycles. The van der Waals surface area contributed by atoms with Crippen molar-refractivity contribution in [2.45, 2.75) is 44.7 Å². The number of rotatable bonds is 6. The van der Waals surface area contributed by atoms with Crippen LogP contribution in [0, 0.1) is 0 Å². The van der Waals surface area contributed by atoms with E-state index in [2.05, 4.69) is 36.6 Å². The molecule has 0 aliphatic heterocycles. The van der Waals surface area contributed by atoms with Crippen LogP contribution in [-0.4, -0.2) is 20.9 Å². The van der Waals surface area contributed by atoms with Gasteiger partial charge in [0.1, 0.15) is 0 Å². The van der Waals surface area contributed by atoms with Crippen molar-refractivity contribution in [3.8, 4) is 0 Å². The summed E-state index contributed by atoms with van der Waals surface area (Å²) >= 11 is 7.67. The summed E-state index contributed by atoms with van der Waals surface area (Å²) in [5.41, 5.74) is 2.50. The second-order valence-corrected chi connectivity index (χ2v) is 5.31. The van der Waals surface area contributed by atoms with E-state index >= 15 is 0 Å². The number of hydrogen-bond donors (Lipinski definition) is 0. The molecule has 1 rings (SSSR count). The highest BCUT2D eigenvalue weighted by Gasteiger charge is 2.07. The number of hydrogen-bond acceptors (Lipinski definition) is 2. The molecule has 86 valence electrons. The molecule has 0 N–H and O–H groups in total. The number of alkyl halides is 1. The van der Waals surface area contributed by atoms with Crippen LogP contribution in [0.5, 0.6) is 0 Å². The highest BCUT2D eigenvalue weighted by atomic mass is 35.5. The highest BCUT2D eigenvalue weighted by Crippen LogP contribution is 2.19. The minimum absolute atomic E-state index is 0.511. The fraction of sp³-hybridized carbons (Fsp3) is 0.727. The third-order valence-electron chi connectivity index (χ3n) is 2.31. The highest BCUT2D eigenvalue weighted by molar-refractivity contribution is 7.99. The lowest BCUT2D eigenvalue weighted by Gasteiger charge is -2.07. The van der Waals surface area contributed by atoms with Gasteiger partial charge in [-0.1, -0.05) is 13.8 Å². The Kier molecular flexibility index (Phi) is 5.54. The lowest BCUT2D eigenvalue weighted by molar-refractivity contribution is 0.628. The van der Waals surface area contributed by atoms with Crippen LogP contribution >= 0.6 is 23.4 Å². The van der Waals surface area contributed by atoms with Gasteiger partial charge in [-0.15, -0.1) is 11.6 Å². The quantitative estimate of drug-likeness (QED) is 0.717. The van der Waals surface area contributed by atoms with Gasteiger partial charge in [-0.2, -0.15) is 16.9 Å². The predicted octanol–water partition coefficient (Wildman–Crippen LogP) is 3.33. The first kappa shape index (κ1) is 12.9. The van der Waals surface area contributed by atoms with Gasteiger partial charge in [0.15, 0.2) is 0 Å². The van der Waals surface area contributed by atoms with Gasteiger partial charge in [-0.25, -0.2) is 0 Å². The largest absolute Gasteiger partial charge is 0.269 e. The molecule has 0 aromatic carbocycles. The van der Waals surface area contributed by atoms with Crippen LogP contribution < -0.4 is 0 Å². The van der Waals surface area contributed by atoms with E-state index in [1.165, 1.54) is 11.4 Å². The molecule has 0 aliphatic rings. The van der Waals surface area contributed by atoms with Gasteiger partial charge in [0.25, 0.3) is 0 Å². The molecule has 0 radical (unpaired) electrons. The molecular formula is C11H19ClN2S. The molecular weight excluding hydrogens is 228 g/mol. The van der Waals surface area contributed by atoms with Gasteiger partial charge in [0.2, 0.25) is 0 Å². The predicted molar refractivity (Wildman–Crippen MR) is 68.8 cm³/mol. The first-order chi connectivity index (χ1) is 7.21. The molecule has 1 atom stereocenters. The first-order valence-corrected chi connectivity index (χ1v) is 7.02. The van der Waals surface area contributed by atoms with Gasteiger partial charge >= 0.3 is 0 Å². The zero-order valence-electron chi connectivity index (χ0n) is 9.66. The molecule has 2 nitrogen and oxygen atoms in total. The Morgan fingerprint density at radius 2 is 2.27 bits per heavy atom. The number of aromatic nitrogens is 2. The summed E-state index contributed by atoms with van der Waals surface area (Å²) in [6.07, 6.45) is 1.01. The van der Waals surface area contributed by atoms with Crippen molar-refractivity contribution in [1.29, 1.82) is 0 Å². The van der Waals surface area contributed by atoms with Crippen LogP contribution in [0.3, 0.4) is 0 Å². The third kappa shape index (κ3) is 3.72. The molecule has 0 saturated heterocycles. The molecule has 15 heavy (non-hydrogen) atoms. The fourth-order valence-electron chi connectivity index (χ4n) is 1.35. The van der Waals surface area contributed by atoms with Crippen molar-refractivity contribution in [2.24, 2.45) is 0 Å². The van der Waals surface area contributed by atoms with Crippen molar-refractivity contribution in [2.75, 3.05) is 5.88 Å². The minimum Gasteiger partial charge on any atom is -0.269 e. The number of aryl methyl sites for hydroxylation is 2. The molecule has 0 fully saturated rings.